The van der Waals surface area contributed by atoms with Crippen molar-refractivity contribution in [3.63, 3.8) is 0 Å². The van der Waals surface area contributed by atoms with E-state index in [1.165, 1.54) is 32.2 Å². The summed E-state index contributed by atoms with van der Waals surface area (Å²) < 4.78 is 0. The topological polar surface area (TPSA) is 15.3 Å². The van der Waals surface area contributed by atoms with Crippen LogP contribution in [0.25, 0.3) is 0 Å². The molecule has 1 fully saturated rings. The fraction of sp³-hybridized carbons (Fsp3) is 1.00. The van der Waals surface area contributed by atoms with Gasteiger partial charge in [-0.1, -0.05) is 13.3 Å². The number of hydrogen-bond acceptors (Lipinski definition) is 2. The Balaban J connectivity index is 2.61. The van der Waals surface area contributed by atoms with Gasteiger partial charge in [-0.25, -0.2) is 0 Å². The Morgan fingerprint density at radius 3 is 2.23 bits per heavy atom. The molecule has 1 aliphatic rings. The zero-order valence-electron chi connectivity index (χ0n) is 9.56. The maximum atomic E-state index is 3.35. The lowest BCUT2D eigenvalue weighted by atomic mass is 9.63. The van der Waals surface area contributed by atoms with E-state index in [1.54, 1.807) is 0 Å². The molecule has 2 nitrogen and oxygen atoms in total. The highest BCUT2D eigenvalue weighted by Gasteiger charge is 2.43. The van der Waals surface area contributed by atoms with E-state index in [0.29, 0.717) is 5.41 Å². The first-order valence-corrected chi connectivity index (χ1v) is 5.47. The molecule has 1 unspecified atom stereocenters. The summed E-state index contributed by atoms with van der Waals surface area (Å²) in [5.41, 5.74) is 0.576. The molecule has 1 rings (SSSR count). The van der Waals surface area contributed by atoms with Crippen LogP contribution in [0.5, 0.6) is 0 Å². The van der Waals surface area contributed by atoms with Crippen molar-refractivity contribution >= 4 is 0 Å². The fourth-order valence-corrected chi connectivity index (χ4v) is 2.96. The maximum Gasteiger partial charge on any atom is 0.0155 e. The van der Waals surface area contributed by atoms with Gasteiger partial charge in [0, 0.05) is 12.6 Å². The minimum Gasteiger partial charge on any atom is -0.319 e. The lowest BCUT2D eigenvalue weighted by Gasteiger charge is -2.50. The molecule has 1 N–H and O–H groups in total. The molecule has 0 radical (unpaired) electrons. The fourth-order valence-electron chi connectivity index (χ4n) is 2.96. The third kappa shape index (κ3) is 2.05. The first-order valence-electron chi connectivity index (χ1n) is 5.47. The van der Waals surface area contributed by atoms with Crippen LogP contribution < -0.4 is 5.32 Å². The first kappa shape index (κ1) is 11.0. The van der Waals surface area contributed by atoms with Gasteiger partial charge in [0.2, 0.25) is 0 Å². The van der Waals surface area contributed by atoms with Crippen LogP contribution in [-0.2, 0) is 0 Å². The van der Waals surface area contributed by atoms with Crippen LogP contribution >= 0.6 is 0 Å². The molecule has 0 heterocycles. The van der Waals surface area contributed by atoms with Crippen LogP contribution in [0.3, 0.4) is 0 Å². The summed E-state index contributed by atoms with van der Waals surface area (Å²) in [6.45, 7) is 3.49. The Kier molecular flexibility index (Phi) is 3.74. The predicted molar refractivity (Wildman–Crippen MR) is 58.0 cm³/mol. The van der Waals surface area contributed by atoms with Crippen molar-refractivity contribution in [1.82, 2.24) is 10.2 Å². The van der Waals surface area contributed by atoms with E-state index in [4.69, 9.17) is 0 Å². The molecular weight excluding hydrogens is 160 g/mol. The summed E-state index contributed by atoms with van der Waals surface area (Å²) in [4.78, 5) is 2.40. The molecule has 0 amide bonds. The molecule has 0 aromatic heterocycles. The van der Waals surface area contributed by atoms with Crippen LogP contribution in [0.4, 0.5) is 0 Å². The van der Waals surface area contributed by atoms with Crippen molar-refractivity contribution in [2.75, 3.05) is 27.7 Å². The summed E-state index contributed by atoms with van der Waals surface area (Å²) in [5.74, 6) is 0. The Bertz CT molecular complexity index is 150. The van der Waals surface area contributed by atoms with E-state index in [2.05, 4.69) is 38.3 Å². The second-order valence-corrected chi connectivity index (χ2v) is 4.63. The lowest BCUT2D eigenvalue weighted by molar-refractivity contribution is 0.0208. The predicted octanol–water partition coefficient (Wildman–Crippen LogP) is 1.72. The summed E-state index contributed by atoms with van der Waals surface area (Å²) in [7, 11) is 6.50. The molecule has 0 saturated heterocycles. The number of nitrogens with zero attached hydrogens (tertiary/aromatic N) is 1. The molecule has 1 saturated carbocycles. The third-order valence-electron chi connectivity index (χ3n) is 3.60. The van der Waals surface area contributed by atoms with Gasteiger partial charge < -0.3 is 10.2 Å². The second-order valence-electron chi connectivity index (χ2n) is 4.63. The normalized spacial score (nSPS) is 22.8. The monoisotopic (exact) mass is 184 g/mol. The minimum atomic E-state index is 0.576. The Labute approximate surface area is 82.7 Å². The first-order chi connectivity index (χ1) is 6.16. The summed E-state index contributed by atoms with van der Waals surface area (Å²) in [5, 5.41) is 3.35. The molecule has 0 aromatic rings. The van der Waals surface area contributed by atoms with Gasteiger partial charge in [0.15, 0.2) is 0 Å². The molecule has 0 spiro atoms. The average molecular weight is 184 g/mol. The number of nitrogens with one attached hydrogen (secondary N) is 1. The zero-order valence-corrected chi connectivity index (χ0v) is 9.56. The minimum absolute atomic E-state index is 0.576. The smallest absolute Gasteiger partial charge is 0.0155 e. The van der Waals surface area contributed by atoms with Crippen molar-refractivity contribution in [3.05, 3.63) is 0 Å². The van der Waals surface area contributed by atoms with E-state index in [9.17, 15) is 0 Å². The largest absolute Gasteiger partial charge is 0.319 e. The van der Waals surface area contributed by atoms with E-state index in [0.717, 1.165) is 6.04 Å². The van der Waals surface area contributed by atoms with E-state index < -0.39 is 0 Å². The molecular formula is C11H24N2. The van der Waals surface area contributed by atoms with Crippen LogP contribution in [0.1, 0.15) is 32.6 Å². The molecule has 1 atom stereocenters. The van der Waals surface area contributed by atoms with E-state index >= 15 is 0 Å². The van der Waals surface area contributed by atoms with Gasteiger partial charge >= 0.3 is 0 Å². The highest BCUT2D eigenvalue weighted by molar-refractivity contribution is 4.97. The Morgan fingerprint density at radius 1 is 1.38 bits per heavy atom. The van der Waals surface area contributed by atoms with Crippen LogP contribution in [0, 0.1) is 5.41 Å². The average Bonchev–Trinajstić information content (AvgIpc) is 2.00. The summed E-state index contributed by atoms with van der Waals surface area (Å²) in [6, 6.07) is 0.758. The molecule has 2 heteroatoms. The lowest BCUT2D eigenvalue weighted by Crippen LogP contribution is -2.53. The molecule has 1 aliphatic carbocycles. The highest BCUT2D eigenvalue weighted by Crippen LogP contribution is 2.45. The Morgan fingerprint density at radius 2 is 2.00 bits per heavy atom. The molecule has 0 bridgehead atoms. The summed E-state index contributed by atoms with van der Waals surface area (Å²) in [6.07, 6.45) is 5.51. The Hall–Kier alpha value is -0.0800. The van der Waals surface area contributed by atoms with Gasteiger partial charge in [-0.05, 0) is 45.8 Å². The van der Waals surface area contributed by atoms with E-state index in [1.807, 2.05) is 0 Å². The second kappa shape index (κ2) is 4.43. The van der Waals surface area contributed by atoms with Crippen LogP contribution in [0.2, 0.25) is 0 Å². The van der Waals surface area contributed by atoms with Gasteiger partial charge in [-0.15, -0.1) is 0 Å². The third-order valence-corrected chi connectivity index (χ3v) is 3.60. The quantitative estimate of drug-likeness (QED) is 0.700. The van der Waals surface area contributed by atoms with Crippen molar-refractivity contribution < 1.29 is 0 Å². The van der Waals surface area contributed by atoms with Gasteiger partial charge in [0.05, 0.1) is 0 Å². The van der Waals surface area contributed by atoms with Crippen LogP contribution in [-0.4, -0.2) is 38.6 Å². The number of rotatable bonds is 5. The van der Waals surface area contributed by atoms with Crippen LogP contribution in [0.15, 0.2) is 0 Å². The van der Waals surface area contributed by atoms with Gasteiger partial charge in [-0.2, -0.15) is 0 Å². The van der Waals surface area contributed by atoms with Crippen molar-refractivity contribution in [3.8, 4) is 0 Å². The van der Waals surface area contributed by atoms with E-state index in [-0.39, 0.29) is 0 Å². The van der Waals surface area contributed by atoms with Gasteiger partial charge in [-0.3, -0.25) is 0 Å². The standard InChI is InChI=1S/C11H24N2/c1-5-10(13(3)4)11(9-12-2)7-6-8-11/h10,12H,5-9H2,1-4H3. The zero-order chi connectivity index (χ0) is 9.90. The molecule has 78 valence electrons. The van der Waals surface area contributed by atoms with Crippen molar-refractivity contribution in [1.29, 1.82) is 0 Å². The summed E-state index contributed by atoms with van der Waals surface area (Å²) >= 11 is 0. The van der Waals surface area contributed by atoms with Gasteiger partial charge in [0.25, 0.3) is 0 Å². The van der Waals surface area contributed by atoms with Gasteiger partial charge in [0.1, 0.15) is 0 Å². The highest BCUT2D eigenvalue weighted by atomic mass is 15.1. The van der Waals surface area contributed by atoms with Crippen molar-refractivity contribution in [2.45, 2.75) is 38.6 Å². The van der Waals surface area contributed by atoms with Crippen molar-refractivity contribution in [2.24, 2.45) is 5.41 Å². The molecule has 0 aromatic carbocycles. The molecule has 0 aliphatic heterocycles. The SMILES string of the molecule is CCC(N(C)C)C1(CNC)CCC1. The molecule has 13 heavy (non-hydrogen) atoms. The maximum absolute atomic E-state index is 3.35. The number of hydrogen-bond donors (Lipinski definition) is 1.